The van der Waals surface area contributed by atoms with Crippen molar-refractivity contribution in [2.75, 3.05) is 20.0 Å². The first kappa shape index (κ1) is 10.5. The fraction of sp³-hybridized carbons (Fsp3) is 0.625. The Morgan fingerprint density at radius 2 is 1.64 bits per heavy atom. The van der Waals surface area contributed by atoms with Gasteiger partial charge in [-0.1, -0.05) is 11.6 Å². The van der Waals surface area contributed by atoms with Gasteiger partial charge in [-0.15, -0.1) is 0 Å². The van der Waals surface area contributed by atoms with Gasteiger partial charge < -0.3 is 0 Å². The Hall–Kier alpha value is -0.470. The molecule has 0 atom stereocenters. The molecule has 0 heterocycles. The van der Waals surface area contributed by atoms with Gasteiger partial charge in [-0.05, 0) is 13.8 Å². The Morgan fingerprint density at radius 3 is 1.73 bits per heavy atom. The summed E-state index contributed by atoms with van der Waals surface area (Å²) in [5.74, 6) is 0. The van der Waals surface area contributed by atoms with E-state index in [2.05, 4.69) is 6.92 Å². The van der Waals surface area contributed by atoms with E-state index in [4.69, 9.17) is 0 Å². The molecule has 0 spiro atoms. The van der Waals surface area contributed by atoms with Gasteiger partial charge in [0.05, 0.1) is 5.41 Å². The lowest BCUT2D eigenvalue weighted by atomic mass is 9.85. The molecule has 0 fully saturated rings. The lowest BCUT2D eigenvalue weighted by molar-refractivity contribution is 0.151. The molecule has 11 heavy (non-hydrogen) atoms. The predicted molar refractivity (Wildman–Crippen MR) is 39.5 cm³/mol. The number of halogens is 3. The monoisotopic (exact) mass is 165 g/mol. The van der Waals surface area contributed by atoms with E-state index >= 15 is 0 Å². The molecule has 0 aromatic carbocycles. The number of hydrogen-bond donors (Lipinski definition) is 0. The van der Waals surface area contributed by atoms with Crippen LogP contribution in [0.5, 0.6) is 0 Å². The second-order valence-electron chi connectivity index (χ2n) is 2.57. The van der Waals surface area contributed by atoms with E-state index in [1.165, 1.54) is 13.0 Å². The van der Waals surface area contributed by atoms with Crippen LogP contribution in [0.4, 0.5) is 13.2 Å². The van der Waals surface area contributed by atoms with Gasteiger partial charge in [-0.25, -0.2) is 13.2 Å². The van der Waals surface area contributed by atoms with Crippen LogP contribution in [0, 0.1) is 12.3 Å². The third kappa shape index (κ3) is 1.98. The zero-order chi connectivity index (χ0) is 8.91. The summed E-state index contributed by atoms with van der Waals surface area (Å²) in [5.41, 5.74) is -1.24. The number of alkyl halides is 3. The molecule has 0 aliphatic rings. The van der Waals surface area contributed by atoms with Crippen LogP contribution >= 0.6 is 0 Å². The summed E-state index contributed by atoms with van der Waals surface area (Å²) < 4.78 is 36.6. The Kier molecular flexibility index (Phi) is 4.23. The minimum absolute atomic E-state index is 0.324. The lowest BCUT2D eigenvalue weighted by Crippen LogP contribution is -2.30. The number of allylic oxidation sites excluding steroid dienone is 2. The predicted octanol–water partition coefficient (Wildman–Crippen LogP) is 2.66. The second kappa shape index (κ2) is 4.42. The van der Waals surface area contributed by atoms with Crippen molar-refractivity contribution >= 4 is 0 Å². The third-order valence-corrected chi connectivity index (χ3v) is 1.91. The van der Waals surface area contributed by atoms with Gasteiger partial charge in [0.15, 0.2) is 0 Å². The highest BCUT2D eigenvalue weighted by atomic mass is 19.1. The van der Waals surface area contributed by atoms with Crippen molar-refractivity contribution in [3.63, 3.8) is 0 Å². The van der Waals surface area contributed by atoms with E-state index in [9.17, 15) is 13.2 Å². The van der Waals surface area contributed by atoms with E-state index < -0.39 is 25.4 Å². The molecular formula is C8H12F3. The fourth-order valence-corrected chi connectivity index (χ4v) is 0.640. The first-order valence-electron chi connectivity index (χ1n) is 3.31. The number of rotatable bonds is 4. The Balaban J connectivity index is 4.54. The Bertz CT molecular complexity index is 128. The highest BCUT2D eigenvalue weighted by molar-refractivity contribution is 5.13. The zero-order valence-corrected chi connectivity index (χ0v) is 6.54. The van der Waals surface area contributed by atoms with Crippen molar-refractivity contribution < 1.29 is 13.2 Å². The zero-order valence-electron chi connectivity index (χ0n) is 6.54. The van der Waals surface area contributed by atoms with Crippen LogP contribution in [0.2, 0.25) is 0 Å². The van der Waals surface area contributed by atoms with Gasteiger partial charge in [0, 0.05) is 0 Å². The summed E-state index contributed by atoms with van der Waals surface area (Å²) in [6.07, 6.45) is 1.29. The molecule has 0 aliphatic heterocycles. The molecule has 0 saturated carbocycles. The maximum absolute atomic E-state index is 12.2. The summed E-state index contributed by atoms with van der Waals surface area (Å²) in [5, 5.41) is 0. The average molecular weight is 165 g/mol. The highest BCUT2D eigenvalue weighted by Gasteiger charge is 2.32. The third-order valence-electron chi connectivity index (χ3n) is 1.91. The molecule has 0 N–H and O–H groups in total. The normalized spacial score (nSPS) is 13.7. The van der Waals surface area contributed by atoms with Crippen molar-refractivity contribution in [1.82, 2.24) is 0 Å². The molecule has 0 unspecified atom stereocenters. The standard InChI is InChI=1S/C8H12F3/c1-3-7(2)8(4-9,5-10)6-11/h3H,1,4-6H2,2H3/b7-3+. The minimum Gasteiger partial charge on any atom is -0.250 e. The van der Waals surface area contributed by atoms with Crippen LogP contribution < -0.4 is 0 Å². The van der Waals surface area contributed by atoms with Gasteiger partial charge in [-0.2, -0.15) is 0 Å². The van der Waals surface area contributed by atoms with Gasteiger partial charge in [0.2, 0.25) is 0 Å². The summed E-state index contributed by atoms with van der Waals surface area (Å²) in [7, 11) is 0. The van der Waals surface area contributed by atoms with Crippen molar-refractivity contribution in [1.29, 1.82) is 0 Å². The van der Waals surface area contributed by atoms with E-state index in [0.29, 0.717) is 5.57 Å². The minimum atomic E-state index is -1.57. The molecular weight excluding hydrogens is 153 g/mol. The topological polar surface area (TPSA) is 0 Å². The van der Waals surface area contributed by atoms with Crippen LogP contribution in [0.15, 0.2) is 11.6 Å². The summed E-state index contributed by atoms with van der Waals surface area (Å²) in [6.45, 7) is 1.76. The summed E-state index contributed by atoms with van der Waals surface area (Å²) in [6, 6.07) is 0. The van der Waals surface area contributed by atoms with E-state index in [1.54, 1.807) is 0 Å². The molecule has 3 heteroatoms. The summed E-state index contributed by atoms with van der Waals surface area (Å²) >= 11 is 0. The quantitative estimate of drug-likeness (QED) is 0.600. The smallest absolute Gasteiger partial charge is 0.104 e. The van der Waals surface area contributed by atoms with E-state index in [-0.39, 0.29) is 0 Å². The summed E-state index contributed by atoms with van der Waals surface area (Å²) in [4.78, 5) is 0. The molecule has 0 aromatic rings. The first-order valence-corrected chi connectivity index (χ1v) is 3.31. The second-order valence-corrected chi connectivity index (χ2v) is 2.57. The van der Waals surface area contributed by atoms with Gasteiger partial charge in [0.1, 0.15) is 20.0 Å². The van der Waals surface area contributed by atoms with Crippen molar-refractivity contribution in [2.45, 2.75) is 6.92 Å². The maximum Gasteiger partial charge on any atom is 0.104 e. The first-order chi connectivity index (χ1) is 5.16. The molecule has 0 rings (SSSR count). The van der Waals surface area contributed by atoms with Crippen molar-refractivity contribution in [3.8, 4) is 0 Å². The van der Waals surface area contributed by atoms with Crippen molar-refractivity contribution in [2.24, 2.45) is 5.41 Å². The van der Waals surface area contributed by atoms with Crippen LogP contribution in [-0.4, -0.2) is 20.0 Å². The average Bonchev–Trinajstić information content (AvgIpc) is 2.08. The van der Waals surface area contributed by atoms with Crippen molar-refractivity contribution in [3.05, 3.63) is 18.6 Å². The lowest BCUT2D eigenvalue weighted by Gasteiger charge is -2.24. The van der Waals surface area contributed by atoms with Crippen LogP contribution in [0.25, 0.3) is 0 Å². The largest absolute Gasteiger partial charge is 0.250 e. The molecule has 0 bridgehead atoms. The van der Waals surface area contributed by atoms with Crippen LogP contribution in [0.3, 0.4) is 0 Å². The molecule has 0 aliphatic carbocycles. The number of hydrogen-bond acceptors (Lipinski definition) is 0. The van der Waals surface area contributed by atoms with E-state index in [1.807, 2.05) is 0 Å². The fourth-order valence-electron chi connectivity index (χ4n) is 0.640. The highest BCUT2D eigenvalue weighted by Crippen LogP contribution is 2.28. The Morgan fingerprint density at radius 1 is 1.27 bits per heavy atom. The van der Waals surface area contributed by atoms with Gasteiger partial charge in [0.25, 0.3) is 0 Å². The van der Waals surface area contributed by atoms with E-state index in [0.717, 1.165) is 0 Å². The molecule has 0 aromatic heterocycles. The van der Waals surface area contributed by atoms with Crippen LogP contribution in [0.1, 0.15) is 6.92 Å². The molecule has 0 amide bonds. The van der Waals surface area contributed by atoms with Gasteiger partial charge in [-0.3, -0.25) is 0 Å². The Labute approximate surface area is 65.1 Å². The van der Waals surface area contributed by atoms with Crippen LogP contribution in [-0.2, 0) is 0 Å². The molecule has 0 saturated heterocycles. The molecule has 65 valence electrons. The molecule has 1 radical (unpaired) electrons. The maximum atomic E-state index is 12.2. The SMILES string of the molecule is [CH2]/C=C(\C)C(CF)(CF)CF. The molecule has 0 nitrogen and oxygen atoms in total. The van der Waals surface area contributed by atoms with Gasteiger partial charge >= 0.3 is 0 Å².